The summed E-state index contributed by atoms with van der Waals surface area (Å²) in [6.07, 6.45) is 9.94. The first-order chi connectivity index (χ1) is 24.4. The third kappa shape index (κ3) is 4.70. The number of hydrogen-bond acceptors (Lipinski definition) is 1. The van der Waals surface area contributed by atoms with Gasteiger partial charge in [0.15, 0.2) is 0 Å². The van der Waals surface area contributed by atoms with Crippen molar-refractivity contribution in [2.24, 2.45) is 0 Å². The molecule has 0 aliphatic heterocycles. The van der Waals surface area contributed by atoms with E-state index < -0.39 is 0 Å². The van der Waals surface area contributed by atoms with Crippen LogP contribution in [0.1, 0.15) is 45.2 Å². The molecule has 2 heteroatoms. The van der Waals surface area contributed by atoms with Gasteiger partial charge in [-0.15, -0.1) is 0 Å². The molecular weight excluding hydrogens is 605 g/mol. The summed E-state index contributed by atoms with van der Waals surface area (Å²) >= 11 is 0. The van der Waals surface area contributed by atoms with E-state index in [4.69, 9.17) is 0 Å². The van der Waals surface area contributed by atoms with Crippen LogP contribution in [0.5, 0.6) is 0 Å². The Balaban J connectivity index is 1.12. The molecule has 0 saturated heterocycles. The molecule has 0 N–H and O–H groups in total. The van der Waals surface area contributed by atoms with Gasteiger partial charge in [-0.1, -0.05) is 123 Å². The highest BCUT2D eigenvalue weighted by Crippen LogP contribution is 2.52. The molecule has 0 spiro atoms. The molecule has 2 aliphatic rings. The third-order valence-electron chi connectivity index (χ3n) is 11.3. The second-order valence-corrected chi connectivity index (χ2v) is 14.7. The number of allylic oxidation sites excluding steroid dienone is 2. The SMILES string of the molecule is CCn1c2ccccc2c2cc(-c3ccc4c(c3)C(C)(C)c3cc(N(c5ccc(-c6ccccc6)cc5)C5(C)C=CC=CC5)ccc3-4)ccc21. The molecule has 0 saturated carbocycles. The number of nitrogens with zero attached hydrogens (tertiary/aromatic N) is 2. The molecule has 1 aromatic heterocycles. The van der Waals surface area contributed by atoms with Crippen LogP contribution in [0, 0.1) is 0 Å². The van der Waals surface area contributed by atoms with Gasteiger partial charge in [-0.05, 0) is 113 Å². The molecule has 1 atom stereocenters. The van der Waals surface area contributed by atoms with E-state index in [1.54, 1.807) is 0 Å². The smallest absolute Gasteiger partial charge is 0.0642 e. The molecule has 0 amide bonds. The summed E-state index contributed by atoms with van der Waals surface area (Å²) in [5, 5.41) is 2.65. The van der Waals surface area contributed by atoms with E-state index in [1.807, 2.05) is 0 Å². The molecule has 6 aromatic carbocycles. The van der Waals surface area contributed by atoms with Gasteiger partial charge in [-0.2, -0.15) is 0 Å². The normalized spacial score (nSPS) is 17.3. The van der Waals surface area contributed by atoms with Crippen molar-refractivity contribution in [3.63, 3.8) is 0 Å². The van der Waals surface area contributed by atoms with Gasteiger partial charge in [-0.3, -0.25) is 0 Å². The summed E-state index contributed by atoms with van der Waals surface area (Å²) in [6, 6.07) is 49.8. The van der Waals surface area contributed by atoms with E-state index in [0.29, 0.717) is 0 Å². The first-order valence-corrected chi connectivity index (χ1v) is 18.0. The van der Waals surface area contributed by atoms with Gasteiger partial charge >= 0.3 is 0 Å². The van der Waals surface area contributed by atoms with E-state index in [9.17, 15) is 0 Å². The first kappa shape index (κ1) is 30.5. The zero-order valence-electron chi connectivity index (χ0n) is 29.3. The minimum atomic E-state index is -0.195. The van der Waals surface area contributed by atoms with Crippen molar-refractivity contribution in [1.29, 1.82) is 0 Å². The fourth-order valence-electron chi connectivity index (χ4n) is 8.67. The monoisotopic (exact) mass is 646 g/mol. The average Bonchev–Trinajstić information content (AvgIpc) is 3.59. The number of aryl methyl sites for hydroxylation is 1. The molecule has 0 fully saturated rings. The van der Waals surface area contributed by atoms with Crippen LogP contribution in [-0.4, -0.2) is 10.1 Å². The van der Waals surface area contributed by atoms with Crippen LogP contribution in [-0.2, 0) is 12.0 Å². The van der Waals surface area contributed by atoms with E-state index in [0.717, 1.165) is 13.0 Å². The Morgan fingerprint density at radius 1 is 0.560 bits per heavy atom. The fourth-order valence-corrected chi connectivity index (χ4v) is 8.67. The average molecular weight is 647 g/mol. The van der Waals surface area contributed by atoms with E-state index in [2.05, 4.69) is 195 Å². The fraction of sp³-hybridized carbons (Fsp3) is 0.167. The summed E-state index contributed by atoms with van der Waals surface area (Å²) in [5.74, 6) is 0. The summed E-state index contributed by atoms with van der Waals surface area (Å²) in [5.41, 5.74) is 15.1. The van der Waals surface area contributed by atoms with Crippen LogP contribution in [0.2, 0.25) is 0 Å². The lowest BCUT2D eigenvalue weighted by molar-refractivity contribution is 0.569. The molecule has 1 heterocycles. The van der Waals surface area contributed by atoms with Crippen molar-refractivity contribution in [2.75, 3.05) is 4.90 Å². The molecular formula is C48H42N2. The number of benzene rings is 6. The van der Waals surface area contributed by atoms with Crippen LogP contribution < -0.4 is 4.90 Å². The topological polar surface area (TPSA) is 8.17 Å². The van der Waals surface area contributed by atoms with Crippen LogP contribution in [0.4, 0.5) is 11.4 Å². The minimum Gasteiger partial charge on any atom is -0.341 e. The van der Waals surface area contributed by atoms with Crippen molar-refractivity contribution in [2.45, 2.75) is 51.6 Å². The Morgan fingerprint density at radius 2 is 1.18 bits per heavy atom. The molecule has 0 radical (unpaired) electrons. The zero-order chi connectivity index (χ0) is 34.0. The largest absolute Gasteiger partial charge is 0.341 e. The number of para-hydroxylation sites is 1. The highest BCUT2D eigenvalue weighted by molar-refractivity contribution is 6.09. The van der Waals surface area contributed by atoms with Crippen LogP contribution in [0.3, 0.4) is 0 Å². The summed E-state index contributed by atoms with van der Waals surface area (Å²) in [7, 11) is 0. The number of anilines is 2. The quantitative estimate of drug-likeness (QED) is 0.175. The standard InChI is InChI=1S/C48H42N2/c1-5-49-45-17-11-10-16-41(45)42-30-35(21-27-46(42)49)36-20-25-39-40-26-24-38(32-44(40)47(2,3)43(39)31-36)50(48(4)28-12-7-13-29-48)37-22-18-34(19-23-37)33-14-8-6-9-15-33/h6-28,30-32H,5,29H2,1-4H3. The van der Waals surface area contributed by atoms with Gasteiger partial charge in [0.25, 0.3) is 0 Å². The lowest BCUT2D eigenvalue weighted by Crippen LogP contribution is -2.42. The Labute approximate surface area is 295 Å². The number of hydrogen-bond donors (Lipinski definition) is 0. The molecule has 2 aliphatic carbocycles. The Morgan fingerprint density at radius 3 is 1.94 bits per heavy atom. The molecule has 244 valence electrons. The van der Waals surface area contributed by atoms with E-state index in [1.165, 1.54) is 77.7 Å². The number of rotatable bonds is 6. The van der Waals surface area contributed by atoms with Crippen molar-refractivity contribution in [3.05, 3.63) is 169 Å². The highest BCUT2D eigenvalue weighted by atomic mass is 15.2. The van der Waals surface area contributed by atoms with Crippen LogP contribution >= 0.6 is 0 Å². The van der Waals surface area contributed by atoms with Crippen molar-refractivity contribution in [1.82, 2.24) is 4.57 Å². The van der Waals surface area contributed by atoms with Gasteiger partial charge in [0.05, 0.1) is 5.54 Å². The Kier molecular flexibility index (Phi) is 7.00. The zero-order valence-corrected chi connectivity index (χ0v) is 29.3. The lowest BCUT2D eigenvalue weighted by Gasteiger charge is -2.42. The lowest BCUT2D eigenvalue weighted by atomic mass is 9.81. The van der Waals surface area contributed by atoms with Gasteiger partial charge in [0, 0.05) is 45.1 Å². The van der Waals surface area contributed by atoms with Gasteiger partial charge in [0.1, 0.15) is 0 Å². The van der Waals surface area contributed by atoms with Crippen molar-refractivity contribution >= 4 is 33.2 Å². The van der Waals surface area contributed by atoms with E-state index >= 15 is 0 Å². The number of fused-ring (bicyclic) bond motifs is 6. The molecule has 2 nitrogen and oxygen atoms in total. The van der Waals surface area contributed by atoms with Crippen molar-refractivity contribution < 1.29 is 0 Å². The first-order valence-electron chi connectivity index (χ1n) is 18.0. The second kappa shape index (κ2) is 11.5. The van der Waals surface area contributed by atoms with Gasteiger partial charge in [0.2, 0.25) is 0 Å². The van der Waals surface area contributed by atoms with Gasteiger partial charge < -0.3 is 9.47 Å². The molecule has 9 rings (SSSR count). The maximum Gasteiger partial charge on any atom is 0.0642 e. The maximum absolute atomic E-state index is 2.54. The Bertz CT molecular complexity index is 2480. The third-order valence-corrected chi connectivity index (χ3v) is 11.3. The second-order valence-electron chi connectivity index (χ2n) is 14.7. The molecule has 0 bridgehead atoms. The molecule has 7 aromatic rings. The highest BCUT2D eigenvalue weighted by Gasteiger charge is 2.38. The summed E-state index contributed by atoms with van der Waals surface area (Å²) < 4.78 is 2.43. The van der Waals surface area contributed by atoms with Crippen LogP contribution in [0.15, 0.2) is 158 Å². The Hall–Kier alpha value is -5.60. The number of aromatic nitrogens is 1. The summed E-state index contributed by atoms with van der Waals surface area (Å²) in [6.45, 7) is 10.3. The van der Waals surface area contributed by atoms with Crippen LogP contribution in [0.25, 0.3) is 55.2 Å². The molecule has 50 heavy (non-hydrogen) atoms. The predicted octanol–water partition coefficient (Wildman–Crippen LogP) is 12.9. The van der Waals surface area contributed by atoms with E-state index in [-0.39, 0.29) is 11.0 Å². The maximum atomic E-state index is 2.54. The summed E-state index contributed by atoms with van der Waals surface area (Å²) in [4.78, 5) is 2.54. The minimum absolute atomic E-state index is 0.148. The predicted molar refractivity (Wildman–Crippen MR) is 213 cm³/mol. The van der Waals surface area contributed by atoms with Crippen molar-refractivity contribution in [3.8, 4) is 33.4 Å². The van der Waals surface area contributed by atoms with Gasteiger partial charge in [-0.25, -0.2) is 0 Å². The molecule has 1 unspecified atom stereocenters.